The Balaban J connectivity index is 2.21. The van der Waals surface area contributed by atoms with Crippen LogP contribution in [-0.4, -0.2) is 49.1 Å². The molecule has 0 aromatic heterocycles. The van der Waals surface area contributed by atoms with Gasteiger partial charge in [-0.3, -0.25) is 0 Å². The van der Waals surface area contributed by atoms with E-state index in [4.69, 9.17) is 9.47 Å². The molecule has 1 unspecified atom stereocenters. The fourth-order valence-electron chi connectivity index (χ4n) is 2.12. The number of carbonyl (C=O) groups excluding carboxylic acids is 2. The smallest absolute Gasteiger partial charge is 0.407 e. The molecule has 0 heterocycles. The van der Waals surface area contributed by atoms with Crippen molar-refractivity contribution >= 4 is 12.2 Å². The van der Waals surface area contributed by atoms with Gasteiger partial charge in [-0.2, -0.15) is 0 Å². The molecule has 1 fully saturated rings. The van der Waals surface area contributed by atoms with Gasteiger partial charge in [-0.1, -0.05) is 0 Å². The Labute approximate surface area is 145 Å². The summed E-state index contributed by atoms with van der Waals surface area (Å²) in [5.41, 5.74) is -0.991. The summed E-state index contributed by atoms with van der Waals surface area (Å²) < 4.78 is 10.5. The molecule has 7 nitrogen and oxygen atoms in total. The van der Waals surface area contributed by atoms with Gasteiger partial charge in [0.2, 0.25) is 0 Å². The normalized spacial score (nSPS) is 16.2. The maximum atomic E-state index is 11.9. The zero-order chi connectivity index (χ0) is 18.4. The third-order valence-corrected chi connectivity index (χ3v) is 3.23. The third kappa shape index (κ3) is 10.3. The monoisotopic (exact) mass is 343 g/mol. The Bertz CT molecular complexity index is 423. The number of alkyl carbamates (subject to hydrolysis) is 2. The number of nitrogens with one attached hydrogen (secondary N) is 3. The Kier molecular flexibility index (Phi) is 7.32. The summed E-state index contributed by atoms with van der Waals surface area (Å²) in [6.07, 6.45) is 1.44. The molecule has 0 bridgehead atoms. The van der Waals surface area contributed by atoms with Gasteiger partial charge in [-0.25, -0.2) is 9.59 Å². The summed E-state index contributed by atoms with van der Waals surface area (Å²) in [6.45, 7) is 12.8. The van der Waals surface area contributed by atoms with Crippen LogP contribution in [0.3, 0.4) is 0 Å². The van der Waals surface area contributed by atoms with Crippen LogP contribution in [0.15, 0.2) is 0 Å². The van der Waals surface area contributed by atoms with E-state index in [1.165, 1.54) is 0 Å². The minimum absolute atomic E-state index is 0.0568. The quantitative estimate of drug-likeness (QED) is 0.618. The Morgan fingerprint density at radius 3 is 2.00 bits per heavy atom. The number of ether oxygens (including phenoxy) is 2. The molecule has 1 aliphatic rings. The van der Waals surface area contributed by atoms with Crippen LogP contribution < -0.4 is 16.0 Å². The van der Waals surface area contributed by atoms with Crippen molar-refractivity contribution in [2.45, 2.75) is 71.6 Å². The van der Waals surface area contributed by atoms with Crippen LogP contribution in [0.1, 0.15) is 54.4 Å². The van der Waals surface area contributed by atoms with E-state index < -0.39 is 17.3 Å². The topological polar surface area (TPSA) is 88.7 Å². The van der Waals surface area contributed by atoms with Gasteiger partial charge in [0.25, 0.3) is 0 Å². The second kappa shape index (κ2) is 8.55. The van der Waals surface area contributed by atoms with Crippen LogP contribution in [0.25, 0.3) is 0 Å². The highest BCUT2D eigenvalue weighted by Crippen LogP contribution is 2.32. The van der Waals surface area contributed by atoms with Gasteiger partial charge in [0, 0.05) is 25.7 Å². The van der Waals surface area contributed by atoms with Crippen molar-refractivity contribution in [3.8, 4) is 0 Å². The predicted octanol–water partition coefficient (Wildman–Crippen LogP) is 2.40. The lowest BCUT2D eigenvalue weighted by Crippen LogP contribution is -2.46. The van der Waals surface area contributed by atoms with Gasteiger partial charge in [0.15, 0.2) is 0 Å². The van der Waals surface area contributed by atoms with Crippen molar-refractivity contribution in [2.24, 2.45) is 5.92 Å². The number of hydrogen-bond donors (Lipinski definition) is 3. The molecule has 7 heteroatoms. The van der Waals surface area contributed by atoms with Gasteiger partial charge in [0.05, 0.1) is 0 Å². The fraction of sp³-hybridized carbons (Fsp3) is 0.882. The maximum Gasteiger partial charge on any atom is 0.407 e. The molecular weight excluding hydrogens is 310 g/mol. The van der Waals surface area contributed by atoms with Crippen LogP contribution in [-0.2, 0) is 9.47 Å². The van der Waals surface area contributed by atoms with E-state index >= 15 is 0 Å². The number of hydrogen-bond acceptors (Lipinski definition) is 5. The molecule has 0 aromatic rings. The van der Waals surface area contributed by atoms with Gasteiger partial charge in [-0.15, -0.1) is 0 Å². The fourth-order valence-corrected chi connectivity index (χ4v) is 2.12. The van der Waals surface area contributed by atoms with Gasteiger partial charge in [-0.05, 0) is 60.3 Å². The summed E-state index contributed by atoms with van der Waals surface area (Å²) in [5.74, 6) is 0.504. The van der Waals surface area contributed by atoms with Crippen LogP contribution in [0.2, 0.25) is 0 Å². The van der Waals surface area contributed by atoms with E-state index in [1.54, 1.807) is 0 Å². The first kappa shape index (κ1) is 20.5. The molecule has 1 saturated carbocycles. The Morgan fingerprint density at radius 2 is 1.50 bits per heavy atom. The standard InChI is InChI=1S/C17H33N3O4/c1-16(2,3)23-14(21)19-10-9-18-11-13(12-7-8-12)20-15(22)24-17(4,5)6/h12-13,18H,7-11H2,1-6H3,(H,19,21)(H,20,22). The highest BCUT2D eigenvalue weighted by Gasteiger charge is 2.33. The molecular formula is C17H33N3O4. The Morgan fingerprint density at radius 1 is 0.958 bits per heavy atom. The van der Waals surface area contributed by atoms with E-state index in [2.05, 4.69) is 16.0 Å². The van der Waals surface area contributed by atoms with Crippen LogP contribution >= 0.6 is 0 Å². The lowest BCUT2D eigenvalue weighted by Gasteiger charge is -2.24. The molecule has 0 radical (unpaired) electrons. The summed E-state index contributed by atoms with van der Waals surface area (Å²) >= 11 is 0. The molecule has 24 heavy (non-hydrogen) atoms. The number of amides is 2. The molecule has 0 aromatic carbocycles. The number of rotatable bonds is 7. The number of carbonyl (C=O) groups is 2. The molecule has 3 N–H and O–H groups in total. The lowest BCUT2D eigenvalue weighted by molar-refractivity contribution is 0.0496. The van der Waals surface area contributed by atoms with Gasteiger partial charge in [0.1, 0.15) is 11.2 Å². The highest BCUT2D eigenvalue weighted by atomic mass is 16.6. The van der Waals surface area contributed by atoms with Gasteiger partial charge < -0.3 is 25.4 Å². The van der Waals surface area contributed by atoms with Crippen molar-refractivity contribution in [2.75, 3.05) is 19.6 Å². The largest absolute Gasteiger partial charge is 0.444 e. The maximum absolute atomic E-state index is 11.9. The predicted molar refractivity (Wildman–Crippen MR) is 93.0 cm³/mol. The molecule has 2 amide bonds. The summed E-state index contributed by atoms with van der Waals surface area (Å²) in [7, 11) is 0. The molecule has 1 aliphatic carbocycles. The van der Waals surface area contributed by atoms with Crippen molar-refractivity contribution in [1.29, 1.82) is 0 Å². The second-order valence-electron chi connectivity index (χ2n) is 8.22. The van der Waals surface area contributed by atoms with E-state index in [0.717, 1.165) is 12.8 Å². The molecule has 0 saturated heterocycles. The first-order valence-corrected chi connectivity index (χ1v) is 8.63. The minimum Gasteiger partial charge on any atom is -0.444 e. The summed E-state index contributed by atoms with van der Waals surface area (Å²) in [6, 6.07) is 0.0568. The third-order valence-electron chi connectivity index (χ3n) is 3.23. The molecule has 1 atom stereocenters. The summed E-state index contributed by atoms with van der Waals surface area (Å²) in [5, 5.41) is 8.88. The average molecular weight is 343 g/mol. The molecule has 0 spiro atoms. The van der Waals surface area contributed by atoms with Crippen molar-refractivity contribution < 1.29 is 19.1 Å². The van der Waals surface area contributed by atoms with E-state index in [1.807, 2.05) is 41.5 Å². The highest BCUT2D eigenvalue weighted by molar-refractivity contribution is 5.68. The SMILES string of the molecule is CC(C)(C)OC(=O)NCCNCC(NC(=O)OC(C)(C)C)C1CC1. The molecule has 140 valence electrons. The second-order valence-corrected chi connectivity index (χ2v) is 8.22. The van der Waals surface area contributed by atoms with Crippen LogP contribution in [0.5, 0.6) is 0 Å². The summed E-state index contributed by atoms with van der Waals surface area (Å²) in [4.78, 5) is 23.4. The lowest BCUT2D eigenvalue weighted by atomic mass is 10.2. The zero-order valence-corrected chi connectivity index (χ0v) is 15.8. The van der Waals surface area contributed by atoms with Crippen molar-refractivity contribution in [3.05, 3.63) is 0 Å². The average Bonchev–Trinajstić information content (AvgIpc) is 3.16. The molecule has 1 rings (SSSR count). The van der Waals surface area contributed by atoms with E-state index in [-0.39, 0.29) is 12.1 Å². The molecule has 0 aliphatic heterocycles. The van der Waals surface area contributed by atoms with E-state index in [9.17, 15) is 9.59 Å². The van der Waals surface area contributed by atoms with Crippen molar-refractivity contribution in [3.63, 3.8) is 0 Å². The first-order valence-electron chi connectivity index (χ1n) is 8.63. The van der Waals surface area contributed by atoms with Crippen LogP contribution in [0.4, 0.5) is 9.59 Å². The zero-order valence-electron chi connectivity index (χ0n) is 15.8. The minimum atomic E-state index is -0.497. The first-order chi connectivity index (χ1) is 11.0. The van der Waals surface area contributed by atoms with Crippen LogP contribution in [0, 0.1) is 5.92 Å². The van der Waals surface area contributed by atoms with Gasteiger partial charge >= 0.3 is 12.2 Å². The van der Waals surface area contributed by atoms with E-state index in [0.29, 0.717) is 25.6 Å². The Hall–Kier alpha value is -1.50. The van der Waals surface area contributed by atoms with Crippen molar-refractivity contribution in [1.82, 2.24) is 16.0 Å².